The van der Waals surface area contributed by atoms with Crippen molar-refractivity contribution in [3.8, 4) is 11.5 Å². The monoisotopic (exact) mass is 501 g/mol. The minimum atomic E-state index is -0.694. The molecule has 4 rings (SSSR count). The predicted octanol–water partition coefficient (Wildman–Crippen LogP) is 6.22. The number of carbonyl (C=O) groups excluding carboxylic acids is 2. The molecule has 3 aromatic carbocycles. The molecule has 0 aliphatic carbocycles. The topological polar surface area (TPSA) is 74.2 Å². The molecule has 166 valence electrons. The van der Waals surface area contributed by atoms with Crippen LogP contribution in [0.4, 0.5) is 0 Å². The number of rotatable bonds is 5. The summed E-state index contributed by atoms with van der Waals surface area (Å²) in [5.74, 6) is -1.05. The van der Waals surface area contributed by atoms with Crippen LogP contribution in [0.15, 0.2) is 71.4 Å². The Kier molecular flexibility index (Phi) is 6.70. The Hall–Kier alpha value is -3.32. The molecule has 0 bridgehead atoms. The van der Waals surface area contributed by atoms with Crippen molar-refractivity contribution in [3.05, 3.63) is 98.1 Å². The molecule has 0 atom stereocenters. The van der Waals surface area contributed by atoms with Crippen molar-refractivity contribution in [1.82, 2.24) is 0 Å². The van der Waals surface area contributed by atoms with Gasteiger partial charge in [0, 0.05) is 0 Å². The summed E-state index contributed by atoms with van der Waals surface area (Å²) in [6, 6.07) is 16.4. The molecule has 1 aliphatic rings. The van der Waals surface area contributed by atoms with Gasteiger partial charge < -0.3 is 14.2 Å². The zero-order valence-corrected chi connectivity index (χ0v) is 19.2. The lowest BCUT2D eigenvalue weighted by atomic mass is 10.1. The summed E-state index contributed by atoms with van der Waals surface area (Å²) in [5.41, 5.74) is 1.20. The van der Waals surface area contributed by atoms with Crippen LogP contribution in [0.3, 0.4) is 0 Å². The summed E-state index contributed by atoms with van der Waals surface area (Å²) in [7, 11) is 1.40. The molecule has 0 N–H and O–H groups in total. The Balaban J connectivity index is 1.65. The molecule has 0 radical (unpaired) electrons. The summed E-state index contributed by atoms with van der Waals surface area (Å²) in [4.78, 5) is 29.1. The number of carbonyl (C=O) groups is 2. The highest BCUT2D eigenvalue weighted by Crippen LogP contribution is 2.38. The Labute approximate surface area is 204 Å². The van der Waals surface area contributed by atoms with Crippen LogP contribution in [0, 0.1) is 0 Å². The third-order valence-electron chi connectivity index (χ3n) is 4.57. The number of hydrogen-bond acceptors (Lipinski definition) is 6. The van der Waals surface area contributed by atoms with Crippen molar-refractivity contribution in [2.75, 3.05) is 7.11 Å². The number of benzene rings is 3. The SMILES string of the molecule is COc1cc(/C=C2\N=C(c3ccccc3Cl)OC2=O)cc(Cl)c1OC(=O)c1ccccc1Cl. The minimum absolute atomic E-state index is 0.0143. The van der Waals surface area contributed by atoms with Crippen LogP contribution in [0.5, 0.6) is 11.5 Å². The molecule has 0 saturated carbocycles. The van der Waals surface area contributed by atoms with E-state index < -0.39 is 11.9 Å². The van der Waals surface area contributed by atoms with Gasteiger partial charge in [0.1, 0.15) is 0 Å². The number of aliphatic imine (C=N–C) groups is 1. The van der Waals surface area contributed by atoms with Crippen LogP contribution in [0.1, 0.15) is 21.5 Å². The molecule has 0 unspecified atom stereocenters. The molecule has 1 heterocycles. The lowest BCUT2D eigenvalue weighted by Crippen LogP contribution is -2.10. The molecule has 6 nitrogen and oxygen atoms in total. The van der Waals surface area contributed by atoms with Gasteiger partial charge in [-0.05, 0) is 48.0 Å². The molecular formula is C24H14Cl3NO5. The number of esters is 2. The number of ether oxygens (including phenoxy) is 3. The largest absolute Gasteiger partial charge is 0.493 e. The van der Waals surface area contributed by atoms with Gasteiger partial charge in [-0.1, -0.05) is 59.1 Å². The third kappa shape index (κ3) is 4.88. The molecule has 9 heteroatoms. The van der Waals surface area contributed by atoms with E-state index in [1.807, 2.05) is 0 Å². The van der Waals surface area contributed by atoms with E-state index in [1.54, 1.807) is 48.5 Å². The molecule has 0 saturated heterocycles. The Morgan fingerprint density at radius 2 is 1.67 bits per heavy atom. The fourth-order valence-corrected chi connectivity index (χ4v) is 3.70. The van der Waals surface area contributed by atoms with Crippen LogP contribution < -0.4 is 9.47 Å². The zero-order chi connectivity index (χ0) is 23.5. The van der Waals surface area contributed by atoms with Crippen molar-refractivity contribution >= 4 is 58.7 Å². The van der Waals surface area contributed by atoms with E-state index in [1.165, 1.54) is 25.3 Å². The first-order chi connectivity index (χ1) is 15.9. The van der Waals surface area contributed by atoms with E-state index in [4.69, 9.17) is 49.0 Å². The number of hydrogen-bond donors (Lipinski definition) is 0. The lowest BCUT2D eigenvalue weighted by Gasteiger charge is -2.12. The maximum absolute atomic E-state index is 12.5. The maximum atomic E-state index is 12.5. The smallest absolute Gasteiger partial charge is 0.363 e. The van der Waals surface area contributed by atoms with E-state index in [9.17, 15) is 9.59 Å². The first-order valence-electron chi connectivity index (χ1n) is 9.49. The third-order valence-corrected chi connectivity index (χ3v) is 5.51. The van der Waals surface area contributed by atoms with Crippen LogP contribution in [-0.2, 0) is 9.53 Å². The van der Waals surface area contributed by atoms with Gasteiger partial charge in [-0.15, -0.1) is 0 Å². The van der Waals surface area contributed by atoms with E-state index >= 15 is 0 Å². The van der Waals surface area contributed by atoms with E-state index in [-0.39, 0.29) is 38.7 Å². The molecule has 33 heavy (non-hydrogen) atoms. The predicted molar refractivity (Wildman–Crippen MR) is 126 cm³/mol. The summed E-state index contributed by atoms with van der Waals surface area (Å²) in [6.45, 7) is 0. The quantitative estimate of drug-likeness (QED) is 0.235. The van der Waals surface area contributed by atoms with Gasteiger partial charge in [-0.25, -0.2) is 14.6 Å². The van der Waals surface area contributed by atoms with Crippen molar-refractivity contribution in [1.29, 1.82) is 0 Å². The molecule has 0 spiro atoms. The first kappa shape index (κ1) is 22.9. The van der Waals surface area contributed by atoms with Crippen LogP contribution in [0.2, 0.25) is 15.1 Å². The molecule has 0 amide bonds. The number of cyclic esters (lactones) is 1. The van der Waals surface area contributed by atoms with Crippen LogP contribution in [0.25, 0.3) is 6.08 Å². The lowest BCUT2D eigenvalue weighted by molar-refractivity contribution is -0.129. The van der Waals surface area contributed by atoms with Crippen molar-refractivity contribution < 1.29 is 23.8 Å². The second-order valence-corrected chi connectivity index (χ2v) is 7.94. The highest BCUT2D eigenvalue weighted by Gasteiger charge is 2.26. The van der Waals surface area contributed by atoms with Gasteiger partial charge in [-0.2, -0.15) is 0 Å². The van der Waals surface area contributed by atoms with Crippen molar-refractivity contribution in [2.24, 2.45) is 4.99 Å². The molecule has 0 aromatic heterocycles. The molecule has 1 aliphatic heterocycles. The molecule has 3 aromatic rings. The van der Waals surface area contributed by atoms with Gasteiger partial charge in [-0.3, -0.25) is 0 Å². The van der Waals surface area contributed by atoms with Gasteiger partial charge in [0.25, 0.3) is 0 Å². The minimum Gasteiger partial charge on any atom is -0.493 e. The number of halogens is 3. The summed E-state index contributed by atoms with van der Waals surface area (Å²) in [6.07, 6.45) is 1.47. The number of nitrogens with zero attached hydrogens (tertiary/aromatic N) is 1. The van der Waals surface area contributed by atoms with E-state index in [0.29, 0.717) is 16.1 Å². The van der Waals surface area contributed by atoms with E-state index in [0.717, 1.165) is 0 Å². The Bertz CT molecular complexity index is 1330. The van der Waals surface area contributed by atoms with Gasteiger partial charge in [0.2, 0.25) is 5.90 Å². The summed E-state index contributed by atoms with van der Waals surface area (Å²) >= 11 is 18.6. The fourth-order valence-electron chi connectivity index (χ4n) is 3.01. The van der Waals surface area contributed by atoms with Crippen molar-refractivity contribution in [3.63, 3.8) is 0 Å². The summed E-state index contributed by atoms with van der Waals surface area (Å²) < 4.78 is 16.0. The highest BCUT2D eigenvalue weighted by molar-refractivity contribution is 6.35. The van der Waals surface area contributed by atoms with Gasteiger partial charge in [0.05, 0.1) is 33.3 Å². The average molecular weight is 503 g/mol. The first-order valence-corrected chi connectivity index (χ1v) is 10.6. The zero-order valence-electron chi connectivity index (χ0n) is 17.0. The number of methoxy groups -OCH3 is 1. The normalized spacial score (nSPS) is 14.1. The second kappa shape index (κ2) is 9.67. The van der Waals surface area contributed by atoms with Crippen LogP contribution >= 0.6 is 34.8 Å². The molecule has 0 fully saturated rings. The maximum Gasteiger partial charge on any atom is 0.363 e. The van der Waals surface area contributed by atoms with Gasteiger partial charge in [0.15, 0.2) is 17.2 Å². The molecular weight excluding hydrogens is 489 g/mol. The van der Waals surface area contributed by atoms with E-state index in [2.05, 4.69) is 4.99 Å². The van der Waals surface area contributed by atoms with Crippen LogP contribution in [-0.4, -0.2) is 24.9 Å². The van der Waals surface area contributed by atoms with Gasteiger partial charge >= 0.3 is 11.9 Å². The highest BCUT2D eigenvalue weighted by atomic mass is 35.5. The standard InChI is InChI=1S/C24H14Cl3NO5/c1-31-20-12-13(10-18(27)21(20)32-23(29)15-7-3-5-9-17(15)26)11-19-24(30)33-22(28-19)14-6-2-4-8-16(14)25/h2-12H,1H3/b19-11-. The Morgan fingerprint density at radius 1 is 0.970 bits per heavy atom. The second-order valence-electron chi connectivity index (χ2n) is 6.72. The van der Waals surface area contributed by atoms with Crippen molar-refractivity contribution in [2.45, 2.75) is 0 Å². The Morgan fingerprint density at radius 3 is 2.36 bits per heavy atom. The fraction of sp³-hybridized carbons (Fsp3) is 0.0417. The average Bonchev–Trinajstić information content (AvgIpc) is 3.15. The summed E-state index contributed by atoms with van der Waals surface area (Å²) in [5, 5.41) is 0.730.